The monoisotopic (exact) mass is 229 g/mol. The van der Waals surface area contributed by atoms with Crippen LogP contribution in [0, 0.1) is 5.41 Å². The zero-order valence-electron chi connectivity index (χ0n) is 10.8. The molecule has 92 valence electrons. The summed E-state index contributed by atoms with van der Waals surface area (Å²) in [5.74, 6) is 0. The zero-order chi connectivity index (χ0) is 11.8. The molecule has 0 heterocycles. The molecule has 0 saturated heterocycles. The van der Waals surface area contributed by atoms with E-state index in [-0.39, 0.29) is 0 Å². The molecule has 3 aliphatic carbocycles. The van der Waals surface area contributed by atoms with Gasteiger partial charge in [0.1, 0.15) is 0 Å². The summed E-state index contributed by atoms with van der Waals surface area (Å²) in [4.78, 5) is 0. The Balaban J connectivity index is 1.82. The van der Waals surface area contributed by atoms with Crippen LogP contribution in [0.3, 0.4) is 0 Å². The Morgan fingerprint density at radius 2 is 1.53 bits per heavy atom. The fourth-order valence-corrected chi connectivity index (χ4v) is 4.13. The summed E-state index contributed by atoms with van der Waals surface area (Å²) >= 11 is 0. The number of rotatable bonds is 3. The van der Waals surface area contributed by atoms with Gasteiger partial charge < -0.3 is 5.32 Å². The van der Waals surface area contributed by atoms with Gasteiger partial charge in [0.15, 0.2) is 0 Å². The Morgan fingerprint density at radius 3 is 2.06 bits per heavy atom. The third-order valence-corrected chi connectivity index (χ3v) is 5.34. The molecular weight excluding hydrogens is 206 g/mol. The lowest BCUT2D eigenvalue weighted by molar-refractivity contribution is 0.0415. The molecule has 4 rings (SSSR count). The molecule has 0 spiro atoms. The Labute approximate surface area is 105 Å². The predicted molar refractivity (Wildman–Crippen MR) is 72.2 cm³/mol. The second-order valence-corrected chi connectivity index (χ2v) is 6.18. The Morgan fingerprint density at radius 1 is 0.941 bits per heavy atom. The number of nitrogens with one attached hydrogen (secondary N) is 1. The highest BCUT2D eigenvalue weighted by molar-refractivity contribution is 5.28. The largest absolute Gasteiger partial charge is 0.319 e. The summed E-state index contributed by atoms with van der Waals surface area (Å²) in [6.07, 6.45) is 8.46. The standard InChI is InChI=1S/C16H23N/c1-17-13-15-7-10-16(11-8-15,12-9-15)14-5-3-2-4-6-14/h2-6,17H,7-13H2,1H3. The Hall–Kier alpha value is -0.820. The van der Waals surface area contributed by atoms with Gasteiger partial charge in [-0.1, -0.05) is 30.3 Å². The van der Waals surface area contributed by atoms with E-state index >= 15 is 0 Å². The first-order valence-corrected chi connectivity index (χ1v) is 6.99. The lowest BCUT2D eigenvalue weighted by Gasteiger charge is -2.54. The third-order valence-electron chi connectivity index (χ3n) is 5.34. The highest BCUT2D eigenvalue weighted by Gasteiger charge is 2.48. The van der Waals surface area contributed by atoms with Crippen LogP contribution in [0.5, 0.6) is 0 Å². The SMILES string of the molecule is CNCC12CCC(c3ccccc3)(CC1)CC2. The van der Waals surface area contributed by atoms with Gasteiger partial charge in [-0.3, -0.25) is 0 Å². The lowest BCUT2D eigenvalue weighted by Crippen LogP contribution is -2.47. The third kappa shape index (κ3) is 1.81. The quantitative estimate of drug-likeness (QED) is 0.836. The van der Waals surface area contributed by atoms with E-state index < -0.39 is 0 Å². The van der Waals surface area contributed by atoms with Crippen molar-refractivity contribution < 1.29 is 0 Å². The molecule has 0 unspecified atom stereocenters. The van der Waals surface area contributed by atoms with Crippen LogP contribution < -0.4 is 5.32 Å². The van der Waals surface area contributed by atoms with Crippen molar-refractivity contribution in [2.75, 3.05) is 13.6 Å². The minimum Gasteiger partial charge on any atom is -0.319 e. The normalized spacial score (nSPS) is 36.1. The smallest absolute Gasteiger partial charge is 0.000482 e. The number of benzene rings is 1. The van der Waals surface area contributed by atoms with Crippen LogP contribution in [-0.2, 0) is 5.41 Å². The molecule has 1 aromatic rings. The van der Waals surface area contributed by atoms with Crippen molar-refractivity contribution in [3.8, 4) is 0 Å². The molecule has 1 nitrogen and oxygen atoms in total. The van der Waals surface area contributed by atoms with Crippen LogP contribution in [-0.4, -0.2) is 13.6 Å². The van der Waals surface area contributed by atoms with Crippen LogP contribution >= 0.6 is 0 Å². The van der Waals surface area contributed by atoms with Crippen LogP contribution in [0.1, 0.15) is 44.1 Å². The maximum Gasteiger partial charge on any atom is 0.000482 e. The van der Waals surface area contributed by atoms with Crippen LogP contribution in [0.25, 0.3) is 0 Å². The number of fused-ring (bicyclic) bond motifs is 3. The highest BCUT2D eigenvalue weighted by atomic mass is 14.8. The van der Waals surface area contributed by atoms with E-state index in [0.29, 0.717) is 10.8 Å². The fraction of sp³-hybridized carbons (Fsp3) is 0.625. The second-order valence-electron chi connectivity index (χ2n) is 6.18. The van der Waals surface area contributed by atoms with Gasteiger partial charge >= 0.3 is 0 Å². The van der Waals surface area contributed by atoms with E-state index in [1.54, 1.807) is 5.56 Å². The first-order valence-electron chi connectivity index (χ1n) is 6.99. The molecule has 1 N–H and O–H groups in total. The second kappa shape index (κ2) is 4.13. The Bertz CT molecular complexity index is 357. The van der Waals surface area contributed by atoms with E-state index in [2.05, 4.69) is 42.7 Å². The molecule has 0 radical (unpaired) electrons. The van der Waals surface area contributed by atoms with Gasteiger partial charge in [-0.2, -0.15) is 0 Å². The van der Waals surface area contributed by atoms with E-state index in [9.17, 15) is 0 Å². The van der Waals surface area contributed by atoms with E-state index in [0.717, 1.165) is 0 Å². The Kier molecular flexibility index (Phi) is 2.74. The molecule has 1 heteroatoms. The first kappa shape index (κ1) is 11.3. The van der Waals surface area contributed by atoms with Crippen LogP contribution in [0.4, 0.5) is 0 Å². The van der Waals surface area contributed by atoms with Crippen molar-refractivity contribution in [3.05, 3.63) is 35.9 Å². The minimum absolute atomic E-state index is 0.525. The number of hydrogen-bond donors (Lipinski definition) is 1. The van der Waals surface area contributed by atoms with Gasteiger partial charge in [-0.15, -0.1) is 0 Å². The van der Waals surface area contributed by atoms with Crippen LogP contribution in [0.2, 0.25) is 0 Å². The summed E-state index contributed by atoms with van der Waals surface area (Å²) in [6, 6.07) is 11.2. The predicted octanol–water partition coefficient (Wildman–Crippen LogP) is 3.50. The summed E-state index contributed by atoms with van der Waals surface area (Å²) in [7, 11) is 2.10. The maximum atomic E-state index is 3.41. The van der Waals surface area contributed by atoms with Crippen molar-refractivity contribution in [2.24, 2.45) is 5.41 Å². The van der Waals surface area contributed by atoms with Crippen molar-refractivity contribution in [1.82, 2.24) is 5.32 Å². The first-order chi connectivity index (χ1) is 8.29. The molecule has 3 saturated carbocycles. The molecular formula is C16H23N. The number of hydrogen-bond acceptors (Lipinski definition) is 1. The summed E-state index contributed by atoms with van der Waals surface area (Å²) in [5, 5.41) is 3.41. The van der Waals surface area contributed by atoms with Crippen molar-refractivity contribution in [3.63, 3.8) is 0 Å². The molecule has 1 aromatic carbocycles. The fourth-order valence-electron chi connectivity index (χ4n) is 4.13. The molecule has 3 aliphatic rings. The maximum absolute atomic E-state index is 3.41. The molecule has 0 aliphatic heterocycles. The summed E-state index contributed by atoms with van der Waals surface area (Å²) < 4.78 is 0. The molecule has 2 bridgehead atoms. The van der Waals surface area contributed by atoms with Gasteiger partial charge in [0.2, 0.25) is 0 Å². The lowest BCUT2D eigenvalue weighted by atomic mass is 9.52. The average Bonchev–Trinajstić information content (AvgIpc) is 2.42. The molecule has 0 aromatic heterocycles. The van der Waals surface area contributed by atoms with E-state index in [1.165, 1.54) is 45.1 Å². The van der Waals surface area contributed by atoms with E-state index in [1.807, 2.05) is 0 Å². The van der Waals surface area contributed by atoms with Gasteiger partial charge in [-0.25, -0.2) is 0 Å². The zero-order valence-corrected chi connectivity index (χ0v) is 10.8. The topological polar surface area (TPSA) is 12.0 Å². The van der Waals surface area contributed by atoms with Gasteiger partial charge in [0, 0.05) is 6.54 Å². The molecule has 0 amide bonds. The minimum atomic E-state index is 0.525. The highest BCUT2D eigenvalue weighted by Crippen LogP contribution is 2.57. The average molecular weight is 229 g/mol. The molecule has 0 atom stereocenters. The van der Waals surface area contributed by atoms with Crippen molar-refractivity contribution in [2.45, 2.75) is 43.9 Å². The van der Waals surface area contributed by atoms with Gasteiger partial charge in [0.05, 0.1) is 0 Å². The summed E-state index contributed by atoms with van der Waals surface area (Å²) in [5.41, 5.74) is 2.75. The van der Waals surface area contributed by atoms with Crippen molar-refractivity contribution >= 4 is 0 Å². The molecule has 17 heavy (non-hydrogen) atoms. The van der Waals surface area contributed by atoms with Crippen LogP contribution in [0.15, 0.2) is 30.3 Å². The van der Waals surface area contributed by atoms with E-state index in [4.69, 9.17) is 0 Å². The van der Waals surface area contributed by atoms with Gasteiger partial charge in [-0.05, 0) is 62.0 Å². The summed E-state index contributed by atoms with van der Waals surface area (Å²) in [6.45, 7) is 1.22. The van der Waals surface area contributed by atoms with Gasteiger partial charge in [0.25, 0.3) is 0 Å². The molecule has 3 fully saturated rings. The van der Waals surface area contributed by atoms with Crippen molar-refractivity contribution in [1.29, 1.82) is 0 Å².